The van der Waals surface area contributed by atoms with Crippen molar-refractivity contribution in [2.24, 2.45) is 4.99 Å². The average Bonchev–Trinajstić information content (AvgIpc) is 3.36. The molecule has 150 valence electrons. The number of hydrogen-bond donors (Lipinski definition) is 0. The van der Waals surface area contributed by atoms with Crippen LogP contribution in [0.1, 0.15) is 43.2 Å². The summed E-state index contributed by atoms with van der Waals surface area (Å²) in [7, 11) is 0. The Bertz CT molecular complexity index is 1270. The van der Waals surface area contributed by atoms with Crippen LogP contribution in [-0.4, -0.2) is 16.6 Å². The summed E-state index contributed by atoms with van der Waals surface area (Å²) in [6.07, 6.45) is 1.45. The van der Waals surface area contributed by atoms with E-state index in [2.05, 4.69) is 4.99 Å². The predicted molar refractivity (Wildman–Crippen MR) is 113 cm³/mol. The molecule has 3 aromatic rings. The topological polar surface area (TPSA) is 73.8 Å². The average molecular weight is 429 g/mol. The highest BCUT2D eigenvalue weighted by molar-refractivity contribution is 7.10. The normalized spacial score (nSPS) is 16.9. The van der Waals surface area contributed by atoms with E-state index in [1.165, 1.54) is 22.7 Å². The molecule has 0 bridgehead atoms. The Hall–Kier alpha value is -2.71. The summed E-state index contributed by atoms with van der Waals surface area (Å²) in [5.41, 5.74) is 0.758. The van der Waals surface area contributed by atoms with Crippen LogP contribution in [-0.2, 0) is 9.53 Å². The molecule has 4 rings (SSSR count). The van der Waals surface area contributed by atoms with E-state index in [1.807, 2.05) is 36.6 Å². The Morgan fingerprint density at radius 2 is 2.10 bits per heavy atom. The monoisotopic (exact) mass is 428 g/mol. The van der Waals surface area contributed by atoms with Crippen LogP contribution in [0.25, 0.3) is 6.08 Å². The Morgan fingerprint density at radius 3 is 2.72 bits per heavy atom. The van der Waals surface area contributed by atoms with Gasteiger partial charge >= 0.3 is 5.97 Å². The van der Waals surface area contributed by atoms with Crippen LogP contribution in [0.2, 0.25) is 0 Å². The molecule has 29 heavy (non-hydrogen) atoms. The molecule has 8 heteroatoms. The highest BCUT2D eigenvalue weighted by Crippen LogP contribution is 2.33. The molecule has 0 saturated carbocycles. The van der Waals surface area contributed by atoms with Crippen molar-refractivity contribution in [1.82, 2.24) is 4.57 Å². The molecule has 0 radical (unpaired) electrons. The number of hydrogen-bond acceptors (Lipinski definition) is 7. The molecule has 1 atom stereocenters. The molecular formula is C21H20N2O4S2. The fourth-order valence-corrected chi connectivity index (χ4v) is 5.09. The highest BCUT2D eigenvalue weighted by atomic mass is 32.1. The van der Waals surface area contributed by atoms with E-state index >= 15 is 0 Å². The largest absolute Gasteiger partial charge is 0.462 e. The number of ether oxygens (including phenoxy) is 1. The van der Waals surface area contributed by atoms with Gasteiger partial charge in [-0.3, -0.25) is 9.36 Å². The Labute approximate surface area is 175 Å². The predicted octanol–water partition coefficient (Wildman–Crippen LogP) is 3.15. The van der Waals surface area contributed by atoms with Crippen LogP contribution in [0.3, 0.4) is 0 Å². The lowest BCUT2D eigenvalue weighted by atomic mass is 10.0. The van der Waals surface area contributed by atoms with Crippen molar-refractivity contribution in [3.05, 3.63) is 77.0 Å². The zero-order chi connectivity index (χ0) is 20.7. The molecule has 1 aliphatic heterocycles. The molecule has 4 heterocycles. The van der Waals surface area contributed by atoms with Gasteiger partial charge in [-0.25, -0.2) is 9.79 Å². The number of aromatic nitrogens is 1. The minimum atomic E-state index is -0.557. The summed E-state index contributed by atoms with van der Waals surface area (Å²) in [6.45, 7) is 7.24. The van der Waals surface area contributed by atoms with Gasteiger partial charge in [0.1, 0.15) is 17.6 Å². The first-order valence-corrected chi connectivity index (χ1v) is 10.9. The molecule has 0 aromatic carbocycles. The molecule has 0 N–H and O–H groups in total. The Balaban J connectivity index is 1.93. The number of furan rings is 1. The smallest absolute Gasteiger partial charge is 0.338 e. The molecule has 0 aliphatic carbocycles. The highest BCUT2D eigenvalue weighted by Gasteiger charge is 2.34. The number of allylic oxidation sites excluding steroid dienone is 1. The van der Waals surface area contributed by atoms with Crippen molar-refractivity contribution in [3.63, 3.8) is 0 Å². The molecule has 6 nitrogen and oxygen atoms in total. The quantitative estimate of drug-likeness (QED) is 0.599. The fraction of sp³-hybridized carbons (Fsp3) is 0.286. The van der Waals surface area contributed by atoms with E-state index in [-0.39, 0.29) is 11.7 Å². The van der Waals surface area contributed by atoms with Crippen LogP contribution >= 0.6 is 22.7 Å². The number of thiazole rings is 1. The third kappa shape index (κ3) is 3.65. The minimum absolute atomic E-state index is 0.205. The second-order valence-corrected chi connectivity index (χ2v) is 8.99. The van der Waals surface area contributed by atoms with Gasteiger partial charge in [-0.1, -0.05) is 17.4 Å². The number of carbonyl (C=O) groups excluding carboxylic acids is 1. The van der Waals surface area contributed by atoms with Crippen molar-refractivity contribution >= 4 is 34.7 Å². The van der Waals surface area contributed by atoms with Gasteiger partial charge in [-0.05, 0) is 51.3 Å². The van der Waals surface area contributed by atoms with Crippen LogP contribution in [0.15, 0.2) is 55.1 Å². The van der Waals surface area contributed by atoms with Gasteiger partial charge in [-0.2, -0.15) is 0 Å². The van der Waals surface area contributed by atoms with E-state index in [9.17, 15) is 9.59 Å². The van der Waals surface area contributed by atoms with Gasteiger partial charge in [0.15, 0.2) is 4.80 Å². The molecule has 0 unspecified atom stereocenters. The van der Waals surface area contributed by atoms with Gasteiger partial charge < -0.3 is 9.15 Å². The number of esters is 1. The van der Waals surface area contributed by atoms with Gasteiger partial charge in [0.25, 0.3) is 5.56 Å². The molecule has 0 spiro atoms. The Kier molecular flexibility index (Phi) is 5.14. The number of rotatable bonds is 4. The van der Waals surface area contributed by atoms with E-state index in [0.717, 1.165) is 10.6 Å². The SMILES string of the molecule is CC1=C(C(=O)OC(C)C)[C@H](c2cccs2)n2c(s/c(=C\c3ccc(C)o3)c2=O)=N1. The Morgan fingerprint density at radius 1 is 1.31 bits per heavy atom. The maximum Gasteiger partial charge on any atom is 0.338 e. The van der Waals surface area contributed by atoms with E-state index in [1.54, 1.807) is 31.4 Å². The minimum Gasteiger partial charge on any atom is -0.462 e. The number of aryl methyl sites for hydroxylation is 1. The van der Waals surface area contributed by atoms with Crippen LogP contribution < -0.4 is 14.9 Å². The van der Waals surface area contributed by atoms with Crippen molar-refractivity contribution in [3.8, 4) is 0 Å². The second kappa shape index (κ2) is 7.61. The maximum atomic E-state index is 13.3. The van der Waals surface area contributed by atoms with E-state index in [4.69, 9.17) is 9.15 Å². The van der Waals surface area contributed by atoms with Gasteiger partial charge in [-0.15, -0.1) is 11.3 Å². The van der Waals surface area contributed by atoms with Crippen molar-refractivity contribution in [2.75, 3.05) is 0 Å². The first kappa shape index (κ1) is 19.6. The summed E-state index contributed by atoms with van der Waals surface area (Å²) in [4.78, 5) is 32.2. The first-order valence-electron chi connectivity index (χ1n) is 9.18. The zero-order valence-electron chi connectivity index (χ0n) is 16.5. The molecule has 3 aromatic heterocycles. The fourth-order valence-electron chi connectivity index (χ4n) is 3.24. The molecule has 1 aliphatic rings. The van der Waals surface area contributed by atoms with E-state index in [0.29, 0.717) is 26.4 Å². The lowest BCUT2D eigenvalue weighted by Gasteiger charge is -2.24. The van der Waals surface area contributed by atoms with Gasteiger partial charge in [0.05, 0.1) is 21.9 Å². The molecule has 0 fully saturated rings. The summed E-state index contributed by atoms with van der Waals surface area (Å²) in [5.74, 6) is 0.932. The van der Waals surface area contributed by atoms with Crippen molar-refractivity contribution in [1.29, 1.82) is 0 Å². The standard InChI is InChI=1S/C21H20N2O4S2/c1-11(2)26-20(25)17-13(4)22-21-23(18(17)15-6-5-9-28-15)19(24)16(29-21)10-14-8-7-12(3)27-14/h5-11,18H,1-4H3/b16-10-/t18-/m0/s1. The lowest BCUT2D eigenvalue weighted by molar-refractivity contribution is -0.143. The number of fused-ring (bicyclic) bond motifs is 1. The lowest BCUT2D eigenvalue weighted by Crippen LogP contribution is -2.39. The third-order valence-corrected chi connectivity index (χ3v) is 6.34. The summed E-state index contributed by atoms with van der Waals surface area (Å²) >= 11 is 2.78. The zero-order valence-corrected chi connectivity index (χ0v) is 18.1. The van der Waals surface area contributed by atoms with Crippen molar-refractivity contribution in [2.45, 2.75) is 39.8 Å². The van der Waals surface area contributed by atoms with Gasteiger partial charge in [0.2, 0.25) is 0 Å². The van der Waals surface area contributed by atoms with Crippen LogP contribution in [0.5, 0.6) is 0 Å². The summed E-state index contributed by atoms with van der Waals surface area (Å²) in [6, 6.07) is 6.94. The third-order valence-electron chi connectivity index (χ3n) is 4.43. The summed E-state index contributed by atoms with van der Waals surface area (Å²) in [5, 5.41) is 1.93. The van der Waals surface area contributed by atoms with Crippen LogP contribution in [0, 0.1) is 6.92 Å². The summed E-state index contributed by atoms with van der Waals surface area (Å²) < 4.78 is 13.1. The maximum absolute atomic E-state index is 13.3. The number of nitrogens with zero attached hydrogens (tertiary/aromatic N) is 2. The van der Waals surface area contributed by atoms with Crippen LogP contribution in [0.4, 0.5) is 0 Å². The van der Waals surface area contributed by atoms with E-state index < -0.39 is 12.0 Å². The second-order valence-electron chi connectivity index (χ2n) is 7.00. The number of thiophene rings is 1. The van der Waals surface area contributed by atoms with Gasteiger partial charge in [0, 0.05) is 11.0 Å². The molecular weight excluding hydrogens is 408 g/mol. The first-order chi connectivity index (χ1) is 13.8. The molecule has 0 saturated heterocycles. The molecule has 0 amide bonds. The van der Waals surface area contributed by atoms with Crippen molar-refractivity contribution < 1.29 is 13.9 Å². The number of carbonyl (C=O) groups is 1.